The zero-order valence-corrected chi connectivity index (χ0v) is 16.7. The molecule has 0 saturated carbocycles. The molecule has 0 bridgehead atoms. The van der Waals surface area contributed by atoms with Crippen LogP contribution in [0.3, 0.4) is 0 Å². The van der Waals surface area contributed by atoms with Crippen LogP contribution in [0.1, 0.15) is 6.92 Å². The maximum Gasteiger partial charge on any atom is 0.281 e. The average molecular weight is 391 g/mol. The molecule has 3 rings (SSSR count). The Labute approximate surface area is 160 Å². The first-order valence-corrected chi connectivity index (χ1v) is 10.3. The Morgan fingerprint density at radius 3 is 2.19 bits per heavy atom. The lowest BCUT2D eigenvalue weighted by atomic mass is 10.1. The van der Waals surface area contributed by atoms with Gasteiger partial charge in [0.1, 0.15) is 5.75 Å². The van der Waals surface area contributed by atoms with Gasteiger partial charge in [-0.15, -0.1) is 10.2 Å². The largest absolute Gasteiger partial charge is 0.494 e. The maximum absolute atomic E-state index is 12.2. The van der Waals surface area contributed by atoms with Gasteiger partial charge in [0.2, 0.25) is 0 Å². The van der Waals surface area contributed by atoms with Gasteiger partial charge in [0.15, 0.2) is 5.82 Å². The van der Waals surface area contributed by atoms with Crippen molar-refractivity contribution < 1.29 is 13.2 Å². The zero-order chi connectivity index (χ0) is 19.4. The first-order valence-electron chi connectivity index (χ1n) is 8.91. The molecule has 1 fully saturated rings. The van der Waals surface area contributed by atoms with Gasteiger partial charge in [-0.2, -0.15) is 17.0 Å². The Bertz CT molecular complexity index is 846. The summed E-state index contributed by atoms with van der Waals surface area (Å²) in [5.74, 6) is 1.59. The van der Waals surface area contributed by atoms with E-state index in [0.29, 0.717) is 32.8 Å². The van der Waals surface area contributed by atoms with Crippen LogP contribution in [-0.2, 0) is 10.2 Å². The van der Waals surface area contributed by atoms with E-state index in [1.54, 1.807) is 14.1 Å². The third-order valence-corrected chi connectivity index (χ3v) is 6.40. The summed E-state index contributed by atoms with van der Waals surface area (Å²) in [7, 11) is -0.266. The molecule has 1 aliphatic heterocycles. The van der Waals surface area contributed by atoms with Gasteiger partial charge in [-0.25, -0.2) is 0 Å². The Kier molecular flexibility index (Phi) is 5.93. The minimum Gasteiger partial charge on any atom is -0.494 e. The molecule has 1 aliphatic rings. The highest BCUT2D eigenvalue weighted by Gasteiger charge is 2.29. The van der Waals surface area contributed by atoms with Crippen LogP contribution >= 0.6 is 0 Å². The minimum absolute atomic E-state index is 0.433. The first kappa shape index (κ1) is 19.5. The van der Waals surface area contributed by atoms with Crippen molar-refractivity contribution in [2.75, 3.05) is 51.8 Å². The molecule has 0 unspecified atom stereocenters. The molecule has 27 heavy (non-hydrogen) atoms. The molecule has 0 atom stereocenters. The summed E-state index contributed by atoms with van der Waals surface area (Å²) < 4.78 is 32.6. The molecule has 1 saturated heterocycles. The van der Waals surface area contributed by atoms with Crippen molar-refractivity contribution in [2.24, 2.45) is 0 Å². The van der Waals surface area contributed by atoms with E-state index in [9.17, 15) is 8.42 Å². The number of ether oxygens (including phenoxy) is 1. The lowest BCUT2D eigenvalue weighted by Gasteiger charge is -2.35. The molecule has 0 spiro atoms. The van der Waals surface area contributed by atoms with Crippen molar-refractivity contribution in [2.45, 2.75) is 6.92 Å². The Morgan fingerprint density at radius 2 is 1.67 bits per heavy atom. The lowest BCUT2D eigenvalue weighted by Crippen LogP contribution is -2.51. The van der Waals surface area contributed by atoms with Gasteiger partial charge in [-0.1, -0.05) is 0 Å². The van der Waals surface area contributed by atoms with Crippen LogP contribution < -0.4 is 9.64 Å². The summed E-state index contributed by atoms with van der Waals surface area (Å²) >= 11 is 0. The normalized spacial score (nSPS) is 15.9. The lowest BCUT2D eigenvalue weighted by molar-refractivity contribution is 0.340. The van der Waals surface area contributed by atoms with Crippen molar-refractivity contribution in [3.8, 4) is 17.0 Å². The molecule has 0 N–H and O–H groups in total. The van der Waals surface area contributed by atoms with E-state index in [2.05, 4.69) is 15.1 Å². The van der Waals surface area contributed by atoms with Crippen molar-refractivity contribution in [3.05, 3.63) is 36.4 Å². The number of aromatic nitrogens is 2. The number of hydrogen-bond acceptors (Lipinski definition) is 6. The summed E-state index contributed by atoms with van der Waals surface area (Å²) in [4.78, 5) is 2.05. The molecule has 2 heterocycles. The molecular weight excluding hydrogens is 366 g/mol. The third kappa shape index (κ3) is 4.37. The van der Waals surface area contributed by atoms with Crippen molar-refractivity contribution in [1.82, 2.24) is 18.8 Å². The fourth-order valence-electron chi connectivity index (χ4n) is 2.92. The molecule has 0 aliphatic carbocycles. The van der Waals surface area contributed by atoms with E-state index in [1.165, 1.54) is 8.61 Å². The third-order valence-electron chi connectivity index (χ3n) is 4.46. The highest BCUT2D eigenvalue weighted by Crippen LogP contribution is 2.22. The predicted molar refractivity (Wildman–Crippen MR) is 105 cm³/mol. The second-order valence-electron chi connectivity index (χ2n) is 6.41. The molecule has 2 aromatic rings. The van der Waals surface area contributed by atoms with E-state index in [4.69, 9.17) is 4.74 Å². The second-order valence-corrected chi connectivity index (χ2v) is 8.55. The van der Waals surface area contributed by atoms with Crippen LogP contribution in [0, 0.1) is 0 Å². The number of benzene rings is 1. The molecule has 1 aromatic carbocycles. The molecule has 8 nitrogen and oxygen atoms in total. The SMILES string of the molecule is CCOc1ccc(-c2ccc(N3CCN(S(=O)(=O)N(C)C)CC3)nn2)cc1. The summed E-state index contributed by atoms with van der Waals surface area (Å²) in [6, 6.07) is 11.6. The van der Waals surface area contributed by atoms with Gasteiger partial charge >= 0.3 is 0 Å². The Hall–Kier alpha value is -2.23. The van der Waals surface area contributed by atoms with E-state index < -0.39 is 10.2 Å². The highest BCUT2D eigenvalue weighted by molar-refractivity contribution is 7.86. The summed E-state index contributed by atoms with van der Waals surface area (Å²) in [5, 5.41) is 8.65. The van der Waals surface area contributed by atoms with E-state index in [0.717, 1.165) is 22.8 Å². The van der Waals surface area contributed by atoms with E-state index in [1.807, 2.05) is 43.3 Å². The summed E-state index contributed by atoms with van der Waals surface area (Å²) in [6.07, 6.45) is 0. The molecule has 9 heteroatoms. The number of rotatable bonds is 6. The quantitative estimate of drug-likeness (QED) is 0.742. The number of nitrogens with zero attached hydrogens (tertiary/aromatic N) is 5. The van der Waals surface area contributed by atoms with E-state index in [-0.39, 0.29) is 0 Å². The van der Waals surface area contributed by atoms with E-state index >= 15 is 0 Å². The number of hydrogen-bond donors (Lipinski definition) is 0. The number of anilines is 1. The van der Waals surface area contributed by atoms with Crippen molar-refractivity contribution in [3.63, 3.8) is 0 Å². The summed E-state index contributed by atoms with van der Waals surface area (Å²) in [6.45, 7) is 4.63. The van der Waals surface area contributed by atoms with Crippen LogP contribution in [0.4, 0.5) is 5.82 Å². The molecule has 146 valence electrons. The van der Waals surface area contributed by atoms with Crippen LogP contribution in [0.15, 0.2) is 36.4 Å². The molecule has 0 radical (unpaired) electrons. The van der Waals surface area contributed by atoms with Gasteiger partial charge in [0.25, 0.3) is 10.2 Å². The fourth-order valence-corrected chi connectivity index (χ4v) is 4.00. The van der Waals surface area contributed by atoms with Crippen LogP contribution in [0.25, 0.3) is 11.3 Å². The monoisotopic (exact) mass is 391 g/mol. The van der Waals surface area contributed by atoms with Gasteiger partial charge in [0, 0.05) is 45.8 Å². The smallest absolute Gasteiger partial charge is 0.281 e. The molecular formula is C18H25N5O3S. The predicted octanol–water partition coefficient (Wildman–Crippen LogP) is 1.47. The van der Waals surface area contributed by atoms with Crippen molar-refractivity contribution >= 4 is 16.0 Å². The van der Waals surface area contributed by atoms with Gasteiger partial charge in [-0.05, 0) is 43.3 Å². The number of piperazine rings is 1. The second kappa shape index (κ2) is 8.20. The standard InChI is InChI=1S/C18H25N5O3S/c1-4-26-16-7-5-15(6-8-16)17-9-10-18(20-19-17)22-11-13-23(14-12-22)27(24,25)21(2)3/h5-10H,4,11-14H2,1-3H3. The fraction of sp³-hybridized carbons (Fsp3) is 0.444. The van der Waals surface area contributed by atoms with Crippen LogP contribution in [0.2, 0.25) is 0 Å². The van der Waals surface area contributed by atoms with Gasteiger partial charge in [-0.3, -0.25) is 0 Å². The van der Waals surface area contributed by atoms with Crippen LogP contribution in [-0.4, -0.2) is 74.1 Å². The zero-order valence-electron chi connectivity index (χ0n) is 15.9. The minimum atomic E-state index is -3.36. The topological polar surface area (TPSA) is 78.9 Å². The highest BCUT2D eigenvalue weighted by atomic mass is 32.2. The molecule has 1 aromatic heterocycles. The Morgan fingerprint density at radius 1 is 1.00 bits per heavy atom. The first-order chi connectivity index (χ1) is 12.9. The van der Waals surface area contributed by atoms with Gasteiger partial charge < -0.3 is 9.64 Å². The molecule has 0 amide bonds. The van der Waals surface area contributed by atoms with Crippen LogP contribution in [0.5, 0.6) is 5.75 Å². The summed E-state index contributed by atoms with van der Waals surface area (Å²) in [5.41, 5.74) is 1.76. The Balaban J connectivity index is 1.64. The maximum atomic E-state index is 12.2. The average Bonchev–Trinajstić information content (AvgIpc) is 2.69. The van der Waals surface area contributed by atoms with Gasteiger partial charge in [0.05, 0.1) is 12.3 Å². The van der Waals surface area contributed by atoms with Crippen molar-refractivity contribution in [1.29, 1.82) is 0 Å².